The Morgan fingerprint density at radius 3 is 2.07 bits per heavy atom. The van der Waals surface area contributed by atoms with Gasteiger partial charge in [0.25, 0.3) is 5.70 Å². The number of allylic oxidation sites excluding steroid dienone is 7. The van der Waals surface area contributed by atoms with Gasteiger partial charge in [0.2, 0.25) is 5.70 Å². The van der Waals surface area contributed by atoms with Gasteiger partial charge in [-0.3, -0.25) is 0 Å². The van der Waals surface area contributed by atoms with Crippen molar-refractivity contribution in [1.82, 2.24) is 0 Å². The molecule has 0 aromatic heterocycles. The number of hydrogen-bond donors (Lipinski definition) is 0. The number of rotatable bonds is 9. The molecule has 0 saturated heterocycles. The summed E-state index contributed by atoms with van der Waals surface area (Å²) in [4.78, 5) is 9.43. The molecule has 0 saturated carbocycles. The minimum absolute atomic E-state index is 0.0754. The van der Waals surface area contributed by atoms with Crippen molar-refractivity contribution in [2.75, 3.05) is 18.0 Å². The normalized spacial score (nSPS) is 19.9. The molecule has 2 aliphatic rings. The van der Waals surface area contributed by atoms with Crippen molar-refractivity contribution in [2.24, 2.45) is 16.2 Å². The van der Waals surface area contributed by atoms with Gasteiger partial charge in [-0.15, -0.1) is 0 Å². The zero-order chi connectivity index (χ0) is 34.3. The van der Waals surface area contributed by atoms with Gasteiger partial charge in [0.05, 0.1) is 19.2 Å². The second-order valence-corrected chi connectivity index (χ2v) is 16.3. The molecule has 0 unspecified atom stereocenters. The first-order valence-electron chi connectivity index (χ1n) is 16.3. The van der Waals surface area contributed by atoms with E-state index >= 15 is 0 Å². The summed E-state index contributed by atoms with van der Waals surface area (Å²) >= 11 is 0. The number of anilines is 1. The molecule has 0 bridgehead atoms. The maximum absolute atomic E-state index is 9.35. The third kappa shape index (κ3) is 10.4. The molecule has 1 aromatic carbocycles. The number of benzene rings is 1. The minimum Gasteiger partial charge on any atom is -0.505 e. The Labute approximate surface area is 279 Å². The van der Waals surface area contributed by atoms with E-state index in [4.69, 9.17) is 17.9 Å². The van der Waals surface area contributed by atoms with Crippen LogP contribution in [0, 0.1) is 40.7 Å². The van der Waals surface area contributed by atoms with Crippen LogP contribution >= 0.6 is 0 Å². The molecule has 0 fully saturated rings. The van der Waals surface area contributed by atoms with Crippen LogP contribution in [0.1, 0.15) is 100 Å². The van der Waals surface area contributed by atoms with E-state index in [1.54, 1.807) is 0 Å². The molecule has 46 heavy (non-hydrogen) atoms. The van der Waals surface area contributed by atoms with Crippen molar-refractivity contribution >= 4 is 11.8 Å². The fourth-order valence-electron chi connectivity index (χ4n) is 5.74. The minimum atomic E-state index is -0.807. The van der Waals surface area contributed by atoms with Crippen LogP contribution in [0.3, 0.4) is 0 Å². The van der Waals surface area contributed by atoms with Crippen LogP contribution in [-0.4, -0.2) is 18.7 Å². The Hall–Kier alpha value is -4.27. The Morgan fingerprint density at radius 2 is 1.54 bits per heavy atom. The van der Waals surface area contributed by atoms with Crippen molar-refractivity contribution in [3.63, 3.8) is 0 Å². The van der Waals surface area contributed by atoms with Gasteiger partial charge < -0.3 is 9.64 Å². The summed E-state index contributed by atoms with van der Waals surface area (Å²) in [5, 5.41) is 9.35. The maximum atomic E-state index is 9.35. The third-order valence-corrected chi connectivity index (χ3v) is 8.34. The third-order valence-electron chi connectivity index (χ3n) is 8.34. The van der Waals surface area contributed by atoms with Gasteiger partial charge in [-0.25, -0.2) is 15.0 Å². The smallest absolute Gasteiger partial charge is 0.292 e. The zero-order valence-electron chi connectivity index (χ0n) is 29.7. The van der Waals surface area contributed by atoms with E-state index in [1.165, 1.54) is 22.4 Å². The van der Waals surface area contributed by atoms with Crippen molar-refractivity contribution in [1.29, 1.82) is 5.26 Å². The van der Waals surface area contributed by atoms with Gasteiger partial charge in [0.15, 0.2) is 0 Å². The Balaban J connectivity index is 1.83. The standard InChI is InChI=1S/C41H52N4O/c1-38(2,3)22-24-45(25-23-39(4,5)6)33-20-18-30(19-21-33)16-17-32-26-31(27-40(7,8)28-32)14-13-15-34-36(44-12)37(35(29-42)43-11)46-41(34,9)10/h13-21,26H,22-25,27-28H2,1-10H3/b15-13+,17-16+,31-14-,37-35+. The van der Waals surface area contributed by atoms with Gasteiger partial charge in [-0.2, -0.15) is 0 Å². The number of hydrogen-bond acceptors (Lipinski definition) is 3. The molecule has 0 radical (unpaired) electrons. The van der Waals surface area contributed by atoms with E-state index in [2.05, 4.69) is 119 Å². The van der Waals surface area contributed by atoms with Crippen LogP contribution in [0.25, 0.3) is 15.8 Å². The van der Waals surface area contributed by atoms with Crippen LogP contribution < -0.4 is 4.90 Å². The van der Waals surface area contributed by atoms with Crippen molar-refractivity contribution in [3.8, 4) is 6.07 Å². The lowest BCUT2D eigenvalue weighted by atomic mass is 9.75. The molecule has 5 nitrogen and oxygen atoms in total. The molecule has 1 aliphatic heterocycles. The van der Waals surface area contributed by atoms with Crippen LogP contribution in [0.5, 0.6) is 0 Å². The van der Waals surface area contributed by atoms with Crippen LogP contribution in [-0.2, 0) is 4.74 Å². The maximum Gasteiger partial charge on any atom is 0.292 e. The lowest BCUT2D eigenvalue weighted by molar-refractivity contribution is 0.0951. The summed E-state index contributed by atoms with van der Waals surface area (Å²) in [5.41, 5.74) is 5.58. The van der Waals surface area contributed by atoms with Gasteiger partial charge in [0, 0.05) is 24.4 Å². The van der Waals surface area contributed by atoms with Gasteiger partial charge in [0.1, 0.15) is 11.4 Å². The van der Waals surface area contributed by atoms with E-state index in [-0.39, 0.29) is 22.6 Å². The number of nitriles is 1. The van der Waals surface area contributed by atoms with Crippen molar-refractivity contribution < 1.29 is 4.74 Å². The Bertz CT molecular complexity index is 1550. The highest BCUT2D eigenvalue weighted by molar-refractivity contribution is 5.59. The topological polar surface area (TPSA) is 45.0 Å². The van der Waals surface area contributed by atoms with E-state index in [0.717, 1.165) is 38.8 Å². The fourth-order valence-corrected chi connectivity index (χ4v) is 5.74. The number of nitrogens with zero attached hydrogens (tertiary/aromatic N) is 4. The van der Waals surface area contributed by atoms with Crippen molar-refractivity contribution in [2.45, 2.75) is 101 Å². The first-order chi connectivity index (χ1) is 21.4. The zero-order valence-corrected chi connectivity index (χ0v) is 29.7. The first kappa shape index (κ1) is 36.2. The van der Waals surface area contributed by atoms with E-state index in [1.807, 2.05) is 32.1 Å². The summed E-state index contributed by atoms with van der Waals surface area (Å²) < 4.78 is 5.91. The molecule has 242 valence electrons. The summed E-state index contributed by atoms with van der Waals surface area (Å²) in [6, 6.07) is 10.8. The first-order valence-corrected chi connectivity index (χ1v) is 16.3. The summed E-state index contributed by atoms with van der Waals surface area (Å²) in [6.45, 7) is 39.3. The lowest BCUT2D eigenvalue weighted by Crippen LogP contribution is -2.30. The lowest BCUT2D eigenvalue weighted by Gasteiger charge is -2.31. The molecule has 5 heteroatoms. The van der Waals surface area contributed by atoms with E-state index < -0.39 is 5.60 Å². The largest absolute Gasteiger partial charge is 0.505 e. The van der Waals surface area contributed by atoms with Crippen LogP contribution in [0.4, 0.5) is 5.69 Å². The Morgan fingerprint density at radius 1 is 0.935 bits per heavy atom. The molecule has 0 atom stereocenters. The molecule has 0 spiro atoms. The molecule has 0 amide bonds. The summed E-state index contributed by atoms with van der Waals surface area (Å²) in [6.07, 6.45) is 16.9. The highest BCUT2D eigenvalue weighted by Gasteiger charge is 2.38. The monoisotopic (exact) mass is 616 g/mol. The van der Waals surface area contributed by atoms with Crippen molar-refractivity contribution in [3.05, 3.63) is 117 Å². The second-order valence-electron chi connectivity index (χ2n) is 16.3. The predicted molar refractivity (Wildman–Crippen MR) is 192 cm³/mol. The molecule has 1 aliphatic carbocycles. The quantitative estimate of drug-likeness (QED) is 0.205. The van der Waals surface area contributed by atoms with Gasteiger partial charge in [-0.05, 0) is 84.6 Å². The number of ether oxygens (including phenoxy) is 1. The van der Waals surface area contributed by atoms with Crippen LogP contribution in [0.2, 0.25) is 0 Å². The average Bonchev–Trinajstić information content (AvgIpc) is 3.20. The highest BCUT2D eigenvalue weighted by Crippen LogP contribution is 2.42. The van der Waals surface area contributed by atoms with Gasteiger partial charge in [-0.1, -0.05) is 104 Å². The molecular formula is C41H52N4O. The highest BCUT2D eigenvalue weighted by atomic mass is 16.5. The summed E-state index contributed by atoms with van der Waals surface area (Å²) in [7, 11) is 0. The fraction of sp³-hybridized carbons (Fsp3) is 0.488. The molecular weight excluding hydrogens is 564 g/mol. The Kier molecular flexibility index (Phi) is 11.4. The second kappa shape index (κ2) is 14.4. The molecule has 3 rings (SSSR count). The van der Waals surface area contributed by atoms with E-state index in [9.17, 15) is 5.26 Å². The van der Waals surface area contributed by atoms with E-state index in [0.29, 0.717) is 16.4 Å². The molecule has 0 N–H and O–H groups in total. The molecule has 1 heterocycles. The summed E-state index contributed by atoms with van der Waals surface area (Å²) in [5.74, 6) is 0.0754. The van der Waals surface area contributed by atoms with Gasteiger partial charge >= 0.3 is 0 Å². The predicted octanol–water partition coefficient (Wildman–Crippen LogP) is 11.2. The molecule has 1 aromatic rings. The SMILES string of the molecule is [C-]#[N+]C1=C(/C=C/C=C2C=C(/C=C/c3ccc(N(CCC(C)(C)C)CCC(C)(C)C)cc3)CC(C)(C)C/2)C(C)(C)O/C1=C(\C#N)[N+]#[C-]. The average molecular weight is 617 g/mol. The van der Waals surface area contributed by atoms with Crippen LogP contribution in [0.15, 0.2) is 88.5 Å².